The summed E-state index contributed by atoms with van der Waals surface area (Å²) in [5.41, 5.74) is 0. The number of rotatable bonds is 1. The highest BCUT2D eigenvalue weighted by atomic mass is 16.7. The van der Waals surface area contributed by atoms with Crippen molar-refractivity contribution in [2.24, 2.45) is 5.92 Å². The summed E-state index contributed by atoms with van der Waals surface area (Å²) in [7, 11) is 1.75. The van der Waals surface area contributed by atoms with Crippen molar-refractivity contribution in [2.75, 3.05) is 20.2 Å². The molecular weight excluding hydrogens is 114 g/mol. The maximum absolute atomic E-state index is 5.09. The van der Waals surface area contributed by atoms with Crippen LogP contribution in [0, 0.1) is 5.92 Å². The van der Waals surface area contributed by atoms with E-state index in [0.717, 1.165) is 19.0 Å². The van der Waals surface area contributed by atoms with Gasteiger partial charge in [0, 0.05) is 13.1 Å². The van der Waals surface area contributed by atoms with Crippen LogP contribution in [-0.4, -0.2) is 25.3 Å². The van der Waals surface area contributed by atoms with Crippen LogP contribution >= 0.6 is 0 Å². The Morgan fingerprint density at radius 3 is 2.78 bits per heavy atom. The van der Waals surface area contributed by atoms with Gasteiger partial charge in [0.2, 0.25) is 0 Å². The van der Waals surface area contributed by atoms with E-state index < -0.39 is 0 Å². The van der Waals surface area contributed by atoms with Crippen molar-refractivity contribution in [3.8, 4) is 0 Å². The van der Waals surface area contributed by atoms with Gasteiger partial charge in [0.25, 0.3) is 0 Å². The molecule has 1 rings (SSSR count). The van der Waals surface area contributed by atoms with Crippen molar-refractivity contribution in [1.82, 2.24) is 5.06 Å². The molecule has 1 heterocycles. The summed E-state index contributed by atoms with van der Waals surface area (Å²) >= 11 is 0. The van der Waals surface area contributed by atoms with E-state index in [1.165, 1.54) is 12.8 Å². The van der Waals surface area contributed by atoms with Crippen LogP contribution in [0.2, 0.25) is 0 Å². The van der Waals surface area contributed by atoms with Crippen LogP contribution in [-0.2, 0) is 4.84 Å². The van der Waals surface area contributed by atoms with Crippen molar-refractivity contribution in [3.63, 3.8) is 0 Å². The fourth-order valence-corrected chi connectivity index (χ4v) is 1.31. The third kappa shape index (κ3) is 1.95. The zero-order valence-electron chi connectivity index (χ0n) is 6.26. The van der Waals surface area contributed by atoms with Gasteiger partial charge < -0.3 is 4.84 Å². The first kappa shape index (κ1) is 7.03. The molecule has 0 aromatic carbocycles. The van der Waals surface area contributed by atoms with Gasteiger partial charge >= 0.3 is 0 Å². The summed E-state index contributed by atoms with van der Waals surface area (Å²) in [6.45, 7) is 4.49. The van der Waals surface area contributed by atoms with Gasteiger partial charge in [-0.15, -0.1) is 0 Å². The third-order valence-electron chi connectivity index (χ3n) is 1.88. The quantitative estimate of drug-likeness (QED) is 0.529. The highest BCUT2D eigenvalue weighted by molar-refractivity contribution is 4.63. The highest BCUT2D eigenvalue weighted by Crippen LogP contribution is 2.14. The molecule has 1 aliphatic heterocycles. The first-order valence-electron chi connectivity index (χ1n) is 3.62. The Kier molecular flexibility index (Phi) is 2.49. The molecule has 1 atom stereocenters. The molecule has 0 spiro atoms. The van der Waals surface area contributed by atoms with Crippen LogP contribution in [0.4, 0.5) is 0 Å². The number of hydrogen-bond donors (Lipinski definition) is 0. The van der Waals surface area contributed by atoms with Gasteiger partial charge in [-0.3, -0.25) is 0 Å². The normalized spacial score (nSPS) is 30.7. The van der Waals surface area contributed by atoms with Gasteiger partial charge in [0.1, 0.15) is 0 Å². The number of piperidine rings is 1. The molecule has 0 N–H and O–H groups in total. The van der Waals surface area contributed by atoms with Crippen LogP contribution < -0.4 is 0 Å². The second-order valence-electron chi connectivity index (χ2n) is 2.82. The first-order valence-corrected chi connectivity index (χ1v) is 3.62. The number of hydroxylamine groups is 2. The predicted octanol–water partition coefficient (Wildman–Crippen LogP) is 1.28. The van der Waals surface area contributed by atoms with E-state index in [2.05, 4.69) is 6.92 Å². The molecule has 9 heavy (non-hydrogen) atoms. The predicted molar refractivity (Wildman–Crippen MR) is 37.0 cm³/mol. The molecule has 2 nitrogen and oxygen atoms in total. The van der Waals surface area contributed by atoms with E-state index in [-0.39, 0.29) is 0 Å². The molecular formula is C7H15NO. The molecule has 1 saturated heterocycles. The van der Waals surface area contributed by atoms with Crippen LogP contribution in [0.25, 0.3) is 0 Å². The van der Waals surface area contributed by atoms with E-state index in [9.17, 15) is 0 Å². The molecule has 0 aliphatic carbocycles. The van der Waals surface area contributed by atoms with Crippen molar-refractivity contribution >= 4 is 0 Å². The van der Waals surface area contributed by atoms with E-state index >= 15 is 0 Å². The number of nitrogens with zero attached hydrogens (tertiary/aromatic N) is 1. The minimum atomic E-state index is 0.818. The van der Waals surface area contributed by atoms with Crippen molar-refractivity contribution in [2.45, 2.75) is 19.8 Å². The minimum Gasteiger partial charge on any atom is -0.302 e. The van der Waals surface area contributed by atoms with Gasteiger partial charge in [-0.1, -0.05) is 6.92 Å². The van der Waals surface area contributed by atoms with E-state index in [0.29, 0.717) is 0 Å². The van der Waals surface area contributed by atoms with Gasteiger partial charge in [-0.05, 0) is 18.8 Å². The smallest absolute Gasteiger partial charge is 0.0575 e. The summed E-state index contributed by atoms with van der Waals surface area (Å²) in [4.78, 5) is 5.09. The molecule has 0 aromatic heterocycles. The van der Waals surface area contributed by atoms with E-state index in [1.54, 1.807) is 7.11 Å². The van der Waals surface area contributed by atoms with Crippen molar-refractivity contribution in [3.05, 3.63) is 0 Å². The summed E-state index contributed by atoms with van der Waals surface area (Å²) in [5, 5.41) is 2.04. The van der Waals surface area contributed by atoms with Gasteiger partial charge in [0.05, 0.1) is 7.11 Å². The highest BCUT2D eigenvalue weighted by Gasteiger charge is 2.14. The van der Waals surface area contributed by atoms with Crippen molar-refractivity contribution in [1.29, 1.82) is 0 Å². The second-order valence-corrected chi connectivity index (χ2v) is 2.82. The fourth-order valence-electron chi connectivity index (χ4n) is 1.31. The molecule has 54 valence electrons. The molecule has 1 aliphatic rings. The van der Waals surface area contributed by atoms with Gasteiger partial charge in [-0.2, -0.15) is 5.06 Å². The maximum Gasteiger partial charge on any atom is 0.0575 e. The Bertz CT molecular complexity index is 85.0. The molecule has 0 aromatic rings. The van der Waals surface area contributed by atoms with Crippen LogP contribution in [0.15, 0.2) is 0 Å². The molecule has 0 bridgehead atoms. The van der Waals surface area contributed by atoms with Crippen LogP contribution in [0.1, 0.15) is 19.8 Å². The molecule has 0 radical (unpaired) electrons. The Morgan fingerprint density at radius 1 is 1.56 bits per heavy atom. The lowest BCUT2D eigenvalue weighted by Crippen LogP contribution is -2.33. The maximum atomic E-state index is 5.09. The van der Waals surface area contributed by atoms with Gasteiger partial charge in [-0.25, -0.2) is 0 Å². The molecule has 1 fully saturated rings. The topological polar surface area (TPSA) is 12.5 Å². The lowest BCUT2D eigenvalue weighted by Gasteiger charge is -2.28. The SMILES string of the molecule is CON1CCCC(C)C1. The molecule has 2 heteroatoms. The standard InChI is InChI=1S/C7H15NO/c1-7-4-3-5-8(6-7)9-2/h7H,3-6H2,1-2H3. The summed E-state index contributed by atoms with van der Waals surface area (Å²) in [6, 6.07) is 0. The lowest BCUT2D eigenvalue weighted by atomic mass is 10.0. The first-order chi connectivity index (χ1) is 4.33. The van der Waals surface area contributed by atoms with Crippen LogP contribution in [0.5, 0.6) is 0 Å². The third-order valence-corrected chi connectivity index (χ3v) is 1.88. The van der Waals surface area contributed by atoms with Gasteiger partial charge in [0.15, 0.2) is 0 Å². The Balaban J connectivity index is 2.23. The summed E-state index contributed by atoms with van der Waals surface area (Å²) in [6.07, 6.45) is 2.65. The molecule has 0 saturated carbocycles. The second kappa shape index (κ2) is 3.18. The Labute approximate surface area is 56.8 Å². The summed E-state index contributed by atoms with van der Waals surface area (Å²) in [5.74, 6) is 0.818. The average Bonchev–Trinajstić information content (AvgIpc) is 1.88. The molecule has 1 unspecified atom stereocenters. The van der Waals surface area contributed by atoms with E-state index in [1.807, 2.05) is 5.06 Å². The fraction of sp³-hybridized carbons (Fsp3) is 1.00. The van der Waals surface area contributed by atoms with Crippen LogP contribution in [0.3, 0.4) is 0 Å². The zero-order chi connectivity index (χ0) is 6.69. The zero-order valence-corrected chi connectivity index (χ0v) is 6.26. The largest absolute Gasteiger partial charge is 0.302 e. The summed E-state index contributed by atoms with van der Waals surface area (Å²) < 4.78 is 0. The average molecular weight is 129 g/mol. The Hall–Kier alpha value is -0.0800. The van der Waals surface area contributed by atoms with Crippen molar-refractivity contribution < 1.29 is 4.84 Å². The Morgan fingerprint density at radius 2 is 2.33 bits per heavy atom. The number of hydrogen-bond acceptors (Lipinski definition) is 2. The van der Waals surface area contributed by atoms with E-state index in [4.69, 9.17) is 4.84 Å². The minimum absolute atomic E-state index is 0.818. The molecule has 0 amide bonds. The lowest BCUT2D eigenvalue weighted by molar-refractivity contribution is -0.151. The monoisotopic (exact) mass is 129 g/mol.